The first-order valence-corrected chi connectivity index (χ1v) is 11.6. The lowest BCUT2D eigenvalue weighted by Gasteiger charge is -2.52. The van der Waals surface area contributed by atoms with Crippen LogP contribution in [0.1, 0.15) is 11.1 Å². The Morgan fingerprint density at radius 1 is 1.03 bits per heavy atom. The van der Waals surface area contributed by atoms with Crippen LogP contribution in [-0.2, 0) is 22.1 Å². The molecular weight excluding hydrogens is 427 g/mol. The Morgan fingerprint density at radius 3 is 2.27 bits per heavy atom. The maximum absolute atomic E-state index is 13.8. The number of rotatable bonds is 5. The molecule has 0 saturated carbocycles. The minimum absolute atomic E-state index is 0.0798. The standard InChI is InChI=1S/C20H23F5N2O2S/c1-30(28,29,19-5-3-2-4-17(19)20(23,24)25)27-12-10-26(11-13-27)9-8-15-6-7-16(21)14-18(15)22/h2-7,14H,8-13H2,1H3,(H,28,29). The smallest absolute Gasteiger partial charge is 0.300 e. The summed E-state index contributed by atoms with van der Waals surface area (Å²) in [7, 11) is -4.93. The van der Waals surface area contributed by atoms with Crippen LogP contribution in [0.15, 0.2) is 47.4 Å². The van der Waals surface area contributed by atoms with Crippen LogP contribution in [0, 0.1) is 11.6 Å². The van der Waals surface area contributed by atoms with E-state index in [2.05, 4.69) is 0 Å². The van der Waals surface area contributed by atoms with Gasteiger partial charge in [0.25, 0.3) is 0 Å². The van der Waals surface area contributed by atoms with E-state index in [0.717, 1.165) is 24.5 Å². The lowest BCUT2D eigenvalue weighted by atomic mass is 10.1. The molecule has 0 bridgehead atoms. The Kier molecular flexibility index (Phi) is 6.07. The second kappa shape index (κ2) is 7.99. The monoisotopic (exact) mass is 450 g/mol. The number of piperazine rings is 1. The van der Waals surface area contributed by atoms with Gasteiger partial charge in [-0.2, -0.15) is 17.4 Å². The van der Waals surface area contributed by atoms with E-state index in [-0.39, 0.29) is 13.1 Å². The van der Waals surface area contributed by atoms with E-state index in [4.69, 9.17) is 0 Å². The summed E-state index contributed by atoms with van der Waals surface area (Å²) in [6, 6.07) is 7.70. The zero-order valence-electron chi connectivity index (χ0n) is 16.3. The summed E-state index contributed by atoms with van der Waals surface area (Å²) in [4.78, 5) is 1.29. The van der Waals surface area contributed by atoms with Gasteiger partial charge in [0.05, 0.1) is 10.5 Å². The number of nitrogens with zero attached hydrogens (tertiary/aromatic N) is 2. The molecule has 2 aromatic rings. The maximum Gasteiger partial charge on any atom is 0.418 e. The molecule has 30 heavy (non-hydrogen) atoms. The van der Waals surface area contributed by atoms with Gasteiger partial charge in [0, 0.05) is 45.0 Å². The number of hydrogen-bond donors (Lipinski definition) is 1. The minimum atomic E-state index is -4.93. The molecule has 1 fully saturated rings. The first-order chi connectivity index (χ1) is 13.9. The molecule has 0 spiro atoms. The van der Waals surface area contributed by atoms with Crippen molar-refractivity contribution in [3.8, 4) is 0 Å². The van der Waals surface area contributed by atoms with Crippen molar-refractivity contribution in [3.05, 3.63) is 65.2 Å². The van der Waals surface area contributed by atoms with Gasteiger partial charge in [-0.15, -0.1) is 9.53 Å². The van der Waals surface area contributed by atoms with E-state index in [1.807, 2.05) is 4.90 Å². The van der Waals surface area contributed by atoms with Crippen molar-refractivity contribution in [1.29, 1.82) is 0 Å². The fourth-order valence-electron chi connectivity index (χ4n) is 3.64. The molecule has 1 saturated heterocycles. The van der Waals surface area contributed by atoms with Gasteiger partial charge in [-0.1, -0.05) is 18.2 Å². The molecule has 0 atom stereocenters. The summed E-state index contributed by atoms with van der Waals surface area (Å²) in [6.07, 6.45) is -3.48. The first kappa shape index (κ1) is 22.8. The predicted octanol–water partition coefficient (Wildman–Crippen LogP) is 4.04. The highest BCUT2D eigenvalue weighted by atomic mass is 32.3. The Bertz CT molecular complexity index is 981. The Balaban J connectivity index is 1.70. The Labute approximate surface area is 171 Å². The first-order valence-electron chi connectivity index (χ1n) is 9.34. The molecule has 0 aromatic heterocycles. The van der Waals surface area contributed by atoms with E-state index in [9.17, 15) is 30.7 Å². The number of alkyl halides is 3. The van der Waals surface area contributed by atoms with Crippen molar-refractivity contribution >= 4 is 9.53 Å². The lowest BCUT2D eigenvalue weighted by Crippen LogP contribution is -2.58. The summed E-state index contributed by atoms with van der Waals surface area (Å²) in [5, 5.41) is 0. The molecular formula is C20H23F5N2O2S. The Hall–Kier alpha value is -1.88. The number of benzene rings is 2. The molecule has 10 heteroatoms. The van der Waals surface area contributed by atoms with Crippen LogP contribution < -0.4 is 0 Å². The van der Waals surface area contributed by atoms with Gasteiger partial charge >= 0.3 is 6.18 Å². The minimum Gasteiger partial charge on any atom is -0.300 e. The van der Waals surface area contributed by atoms with Gasteiger partial charge in [-0.3, -0.25) is 4.55 Å². The molecule has 0 radical (unpaired) electrons. The number of halogens is 5. The molecule has 1 aliphatic heterocycles. The SMILES string of the molecule is CS(=O)(O)(c1ccccc1C(F)(F)F)N1CCN(CCc2ccc(F)cc2F)CC1. The Morgan fingerprint density at radius 2 is 1.67 bits per heavy atom. The molecule has 2 aromatic carbocycles. The van der Waals surface area contributed by atoms with E-state index >= 15 is 0 Å². The highest BCUT2D eigenvalue weighted by Crippen LogP contribution is 2.42. The molecule has 166 valence electrons. The van der Waals surface area contributed by atoms with Crippen LogP contribution in [0.5, 0.6) is 0 Å². The average molecular weight is 450 g/mol. The van der Waals surface area contributed by atoms with Gasteiger partial charge in [0.1, 0.15) is 11.6 Å². The highest BCUT2D eigenvalue weighted by Gasteiger charge is 2.42. The van der Waals surface area contributed by atoms with Gasteiger partial charge in [0.2, 0.25) is 0 Å². The van der Waals surface area contributed by atoms with Gasteiger partial charge in [-0.25, -0.2) is 13.1 Å². The van der Waals surface area contributed by atoms with Crippen molar-refractivity contribution in [2.75, 3.05) is 39.0 Å². The lowest BCUT2D eigenvalue weighted by molar-refractivity contribution is -0.140. The van der Waals surface area contributed by atoms with Crippen molar-refractivity contribution in [1.82, 2.24) is 9.21 Å². The average Bonchev–Trinajstić information content (AvgIpc) is 2.67. The zero-order valence-corrected chi connectivity index (χ0v) is 17.1. The third kappa shape index (κ3) is 4.72. The van der Waals surface area contributed by atoms with E-state index in [1.54, 1.807) is 0 Å². The van der Waals surface area contributed by atoms with E-state index < -0.39 is 37.8 Å². The summed E-state index contributed by atoms with van der Waals surface area (Å²) in [5.41, 5.74) is -0.765. The van der Waals surface area contributed by atoms with Crippen LogP contribution in [-0.4, -0.2) is 56.9 Å². The molecule has 1 heterocycles. The molecule has 3 rings (SSSR count). The summed E-state index contributed by atoms with van der Waals surface area (Å²) < 4.78 is 92.5. The third-order valence-electron chi connectivity index (χ3n) is 5.35. The number of hydrogen-bond acceptors (Lipinski definition) is 2. The van der Waals surface area contributed by atoms with Crippen LogP contribution >= 0.6 is 0 Å². The molecule has 0 unspecified atom stereocenters. The largest absolute Gasteiger partial charge is 0.418 e. The molecule has 0 amide bonds. The summed E-state index contributed by atoms with van der Waals surface area (Å²) in [5.74, 6) is -1.29. The van der Waals surface area contributed by atoms with Crippen molar-refractivity contribution in [2.45, 2.75) is 17.5 Å². The quantitative estimate of drug-likeness (QED) is 0.700. The third-order valence-corrected chi connectivity index (χ3v) is 8.30. The second-order valence-electron chi connectivity index (χ2n) is 7.48. The fraction of sp³-hybridized carbons (Fsp3) is 0.400. The van der Waals surface area contributed by atoms with Crippen LogP contribution in [0.4, 0.5) is 22.0 Å². The van der Waals surface area contributed by atoms with Crippen LogP contribution in [0.25, 0.3) is 0 Å². The van der Waals surface area contributed by atoms with Crippen molar-refractivity contribution < 1.29 is 30.7 Å². The molecule has 1 aliphatic rings. The zero-order chi connectivity index (χ0) is 22.2. The fourth-order valence-corrected chi connectivity index (χ4v) is 6.02. The van der Waals surface area contributed by atoms with E-state index in [0.29, 0.717) is 31.6 Å². The highest BCUT2D eigenvalue weighted by molar-refractivity contribution is 8.12. The summed E-state index contributed by atoms with van der Waals surface area (Å²) in [6.45, 7) is 1.27. The van der Waals surface area contributed by atoms with Crippen molar-refractivity contribution in [3.63, 3.8) is 0 Å². The topological polar surface area (TPSA) is 43.8 Å². The van der Waals surface area contributed by atoms with Crippen LogP contribution in [0.2, 0.25) is 0 Å². The summed E-state index contributed by atoms with van der Waals surface area (Å²) >= 11 is 0. The molecule has 1 N–H and O–H groups in total. The van der Waals surface area contributed by atoms with Crippen LogP contribution in [0.3, 0.4) is 0 Å². The maximum atomic E-state index is 13.8. The normalized spacial score (nSPS) is 18.2. The van der Waals surface area contributed by atoms with Gasteiger partial charge in [-0.05, 0) is 30.2 Å². The predicted molar refractivity (Wildman–Crippen MR) is 104 cm³/mol. The second-order valence-corrected chi connectivity index (χ2v) is 10.9. The molecule has 4 nitrogen and oxygen atoms in total. The van der Waals surface area contributed by atoms with Gasteiger partial charge in [0.15, 0.2) is 0 Å². The van der Waals surface area contributed by atoms with E-state index in [1.165, 1.54) is 28.6 Å². The van der Waals surface area contributed by atoms with Gasteiger partial charge < -0.3 is 4.90 Å². The molecule has 0 aliphatic carbocycles. The van der Waals surface area contributed by atoms with Crippen molar-refractivity contribution in [2.24, 2.45) is 0 Å².